The molecule has 1 heterocycles. The standard InChI is InChI=1S/C17H25ClN2O/c1-14-7-11-20(12-8-14)10-4-9-19-17(21)13-15-5-2-3-6-16(15)18/h2-3,5-6,14H,4,7-13H2,1H3,(H,19,21). The van der Waals surface area contributed by atoms with E-state index in [0.717, 1.165) is 31.0 Å². The van der Waals surface area contributed by atoms with Crippen LogP contribution < -0.4 is 5.32 Å². The quantitative estimate of drug-likeness (QED) is 0.819. The van der Waals surface area contributed by atoms with Gasteiger partial charge in [-0.25, -0.2) is 0 Å². The molecule has 1 aromatic rings. The molecule has 3 nitrogen and oxygen atoms in total. The predicted octanol–water partition coefficient (Wildman–Crippen LogP) is 3.12. The summed E-state index contributed by atoms with van der Waals surface area (Å²) in [7, 11) is 0. The Balaban J connectivity index is 1.60. The van der Waals surface area contributed by atoms with E-state index in [9.17, 15) is 4.79 Å². The average molecular weight is 309 g/mol. The highest BCUT2D eigenvalue weighted by molar-refractivity contribution is 6.31. The molecule has 0 saturated carbocycles. The Kier molecular flexibility index (Phi) is 6.52. The van der Waals surface area contributed by atoms with Gasteiger partial charge in [0.15, 0.2) is 0 Å². The van der Waals surface area contributed by atoms with Gasteiger partial charge in [0, 0.05) is 11.6 Å². The van der Waals surface area contributed by atoms with E-state index in [1.54, 1.807) is 0 Å². The van der Waals surface area contributed by atoms with Gasteiger partial charge < -0.3 is 10.2 Å². The maximum Gasteiger partial charge on any atom is 0.224 e. The topological polar surface area (TPSA) is 32.3 Å². The molecule has 1 aliphatic heterocycles. The van der Waals surface area contributed by atoms with Crippen molar-refractivity contribution in [2.45, 2.75) is 32.6 Å². The summed E-state index contributed by atoms with van der Waals surface area (Å²) in [6, 6.07) is 7.51. The summed E-state index contributed by atoms with van der Waals surface area (Å²) in [4.78, 5) is 14.4. The smallest absolute Gasteiger partial charge is 0.224 e. The highest BCUT2D eigenvalue weighted by Gasteiger charge is 2.14. The van der Waals surface area contributed by atoms with Gasteiger partial charge in [-0.1, -0.05) is 36.7 Å². The van der Waals surface area contributed by atoms with Gasteiger partial charge >= 0.3 is 0 Å². The Morgan fingerprint density at radius 3 is 2.76 bits per heavy atom. The maximum atomic E-state index is 11.9. The van der Waals surface area contributed by atoms with E-state index in [1.807, 2.05) is 24.3 Å². The molecule has 116 valence electrons. The van der Waals surface area contributed by atoms with Gasteiger partial charge in [0.25, 0.3) is 0 Å². The number of likely N-dealkylation sites (tertiary alicyclic amines) is 1. The van der Waals surface area contributed by atoms with Crippen LogP contribution in [0, 0.1) is 5.92 Å². The van der Waals surface area contributed by atoms with Crippen LogP contribution in [0.1, 0.15) is 31.7 Å². The zero-order chi connectivity index (χ0) is 15.1. The number of carbonyl (C=O) groups excluding carboxylic acids is 1. The fraction of sp³-hybridized carbons (Fsp3) is 0.588. The molecule has 0 aliphatic carbocycles. The molecule has 21 heavy (non-hydrogen) atoms. The highest BCUT2D eigenvalue weighted by atomic mass is 35.5. The summed E-state index contributed by atoms with van der Waals surface area (Å²) in [5, 5.41) is 3.64. The van der Waals surface area contributed by atoms with E-state index in [4.69, 9.17) is 11.6 Å². The van der Waals surface area contributed by atoms with Gasteiger partial charge in [-0.15, -0.1) is 0 Å². The van der Waals surface area contributed by atoms with Crippen LogP contribution in [0.5, 0.6) is 0 Å². The molecular weight excluding hydrogens is 284 g/mol. The summed E-state index contributed by atoms with van der Waals surface area (Å²) in [6.45, 7) is 6.56. The summed E-state index contributed by atoms with van der Waals surface area (Å²) >= 11 is 6.06. The number of carbonyl (C=O) groups is 1. The van der Waals surface area contributed by atoms with Crippen LogP contribution in [0.3, 0.4) is 0 Å². The van der Waals surface area contributed by atoms with Crippen molar-refractivity contribution in [3.8, 4) is 0 Å². The van der Waals surface area contributed by atoms with Crippen LogP contribution in [0.4, 0.5) is 0 Å². The molecule has 0 bridgehead atoms. The van der Waals surface area contributed by atoms with E-state index < -0.39 is 0 Å². The number of piperidine rings is 1. The maximum absolute atomic E-state index is 11.9. The molecule has 1 fully saturated rings. The SMILES string of the molecule is CC1CCN(CCCNC(=O)Cc2ccccc2Cl)CC1. The summed E-state index contributed by atoms with van der Waals surface area (Å²) < 4.78 is 0. The number of hydrogen-bond acceptors (Lipinski definition) is 2. The highest BCUT2D eigenvalue weighted by Crippen LogP contribution is 2.16. The van der Waals surface area contributed by atoms with Crippen molar-refractivity contribution >= 4 is 17.5 Å². The van der Waals surface area contributed by atoms with E-state index in [0.29, 0.717) is 11.4 Å². The summed E-state index contributed by atoms with van der Waals surface area (Å²) in [5.74, 6) is 0.923. The van der Waals surface area contributed by atoms with Crippen LogP contribution in [0.15, 0.2) is 24.3 Å². The van der Waals surface area contributed by atoms with E-state index in [1.165, 1.54) is 25.9 Å². The zero-order valence-corrected chi connectivity index (χ0v) is 13.5. The van der Waals surface area contributed by atoms with Gasteiger partial charge in [-0.3, -0.25) is 4.79 Å². The van der Waals surface area contributed by atoms with Crippen LogP contribution >= 0.6 is 11.6 Å². The molecule has 0 radical (unpaired) electrons. The molecule has 0 atom stereocenters. The minimum atomic E-state index is 0.0513. The molecule has 0 spiro atoms. The second kappa shape index (κ2) is 8.40. The first-order valence-corrected chi connectivity index (χ1v) is 8.25. The Morgan fingerprint density at radius 1 is 1.33 bits per heavy atom. The number of nitrogens with zero attached hydrogens (tertiary/aromatic N) is 1. The first kappa shape index (κ1) is 16.3. The van der Waals surface area contributed by atoms with Crippen molar-refractivity contribution in [1.29, 1.82) is 0 Å². The van der Waals surface area contributed by atoms with Crippen LogP contribution in [-0.4, -0.2) is 37.0 Å². The minimum Gasteiger partial charge on any atom is -0.356 e. The van der Waals surface area contributed by atoms with Gasteiger partial charge in [0.2, 0.25) is 5.91 Å². The predicted molar refractivity (Wildman–Crippen MR) is 87.6 cm³/mol. The van der Waals surface area contributed by atoms with E-state index in [-0.39, 0.29) is 5.91 Å². The van der Waals surface area contributed by atoms with Crippen LogP contribution in [0.2, 0.25) is 5.02 Å². The molecule has 1 amide bonds. The van der Waals surface area contributed by atoms with Crippen molar-refractivity contribution < 1.29 is 4.79 Å². The second-order valence-electron chi connectivity index (χ2n) is 6.00. The molecule has 2 rings (SSSR count). The monoisotopic (exact) mass is 308 g/mol. The first-order valence-electron chi connectivity index (χ1n) is 7.87. The summed E-state index contributed by atoms with van der Waals surface area (Å²) in [5.41, 5.74) is 0.890. The minimum absolute atomic E-state index is 0.0513. The Morgan fingerprint density at radius 2 is 2.05 bits per heavy atom. The molecule has 1 aromatic carbocycles. The van der Waals surface area contributed by atoms with Gasteiger partial charge in [0.05, 0.1) is 6.42 Å². The normalized spacial score (nSPS) is 16.9. The number of benzene rings is 1. The third-order valence-corrected chi connectivity index (χ3v) is 4.53. The second-order valence-corrected chi connectivity index (χ2v) is 6.40. The largest absolute Gasteiger partial charge is 0.356 e. The van der Waals surface area contributed by atoms with Gasteiger partial charge in [-0.05, 0) is 56.4 Å². The fourth-order valence-corrected chi connectivity index (χ4v) is 2.90. The first-order chi connectivity index (χ1) is 10.1. The summed E-state index contributed by atoms with van der Waals surface area (Å²) in [6.07, 6.45) is 3.99. The Bertz CT molecular complexity index is 456. The molecule has 1 aliphatic rings. The number of rotatable bonds is 6. The van der Waals surface area contributed by atoms with Crippen molar-refractivity contribution in [2.75, 3.05) is 26.2 Å². The lowest BCUT2D eigenvalue weighted by atomic mass is 9.99. The van der Waals surface area contributed by atoms with E-state index in [2.05, 4.69) is 17.1 Å². The number of halogens is 1. The Hall–Kier alpha value is -1.06. The molecule has 0 aromatic heterocycles. The Labute approximate surface area is 132 Å². The zero-order valence-electron chi connectivity index (χ0n) is 12.8. The lowest BCUT2D eigenvalue weighted by Gasteiger charge is -2.30. The van der Waals surface area contributed by atoms with Crippen molar-refractivity contribution in [3.63, 3.8) is 0 Å². The van der Waals surface area contributed by atoms with Crippen molar-refractivity contribution in [3.05, 3.63) is 34.9 Å². The molecular formula is C17H25ClN2O. The number of amides is 1. The molecule has 1 N–H and O–H groups in total. The van der Waals surface area contributed by atoms with Gasteiger partial charge in [-0.2, -0.15) is 0 Å². The lowest BCUT2D eigenvalue weighted by molar-refractivity contribution is -0.120. The lowest BCUT2D eigenvalue weighted by Crippen LogP contribution is -2.35. The third-order valence-electron chi connectivity index (χ3n) is 4.16. The number of hydrogen-bond donors (Lipinski definition) is 1. The fourth-order valence-electron chi connectivity index (χ4n) is 2.69. The van der Waals surface area contributed by atoms with Crippen molar-refractivity contribution in [2.24, 2.45) is 5.92 Å². The van der Waals surface area contributed by atoms with Gasteiger partial charge in [0.1, 0.15) is 0 Å². The van der Waals surface area contributed by atoms with E-state index >= 15 is 0 Å². The third kappa shape index (κ3) is 5.68. The molecule has 4 heteroatoms. The number of nitrogens with one attached hydrogen (secondary N) is 1. The molecule has 1 saturated heterocycles. The van der Waals surface area contributed by atoms with Crippen molar-refractivity contribution in [1.82, 2.24) is 10.2 Å². The average Bonchev–Trinajstić information content (AvgIpc) is 2.48. The van der Waals surface area contributed by atoms with Crippen LogP contribution in [-0.2, 0) is 11.2 Å². The van der Waals surface area contributed by atoms with Crippen LogP contribution in [0.25, 0.3) is 0 Å². The molecule has 0 unspecified atom stereocenters.